The van der Waals surface area contributed by atoms with E-state index in [2.05, 4.69) is 152 Å². The highest BCUT2D eigenvalue weighted by molar-refractivity contribution is 7.12. The van der Waals surface area contributed by atoms with Crippen molar-refractivity contribution in [1.82, 2.24) is 25.1 Å². The van der Waals surface area contributed by atoms with Gasteiger partial charge in [-0.2, -0.15) is 5.10 Å². The molecule has 0 aliphatic rings. The molecule has 0 fully saturated rings. The number of nitrogens with two attached hydrogens (primary N) is 1. The van der Waals surface area contributed by atoms with Crippen molar-refractivity contribution in [2.75, 3.05) is 21.7 Å². The number of nitrogens with one attached hydrogen (secondary N) is 5. The number of nitrogens with zero attached hydrogens (tertiary/aromatic N) is 3. The van der Waals surface area contributed by atoms with Gasteiger partial charge in [-0.05, 0) is 223 Å². The summed E-state index contributed by atoms with van der Waals surface area (Å²) in [5.74, 6) is 0.184. The summed E-state index contributed by atoms with van der Waals surface area (Å²) < 4.78 is 5.17. The lowest BCUT2D eigenvalue weighted by Crippen LogP contribution is -2.14. The van der Waals surface area contributed by atoms with E-state index in [0.717, 1.165) is 76.9 Å². The third kappa shape index (κ3) is 24.7. The zero-order chi connectivity index (χ0) is 90.2. The van der Waals surface area contributed by atoms with Gasteiger partial charge in [-0.1, -0.05) is 267 Å². The topological polar surface area (TPSA) is 285 Å². The highest BCUT2D eigenvalue weighted by Gasteiger charge is 2.20. The Labute approximate surface area is 751 Å². The maximum absolute atomic E-state index is 12.3. The minimum atomic E-state index is -0.315. The average Bonchev–Trinajstić information content (AvgIpc) is 1.36. The first-order chi connectivity index (χ1) is 62.9. The summed E-state index contributed by atoms with van der Waals surface area (Å²) in [6.45, 7) is 8.22. The Morgan fingerprint density at radius 3 is 1.32 bits per heavy atom. The maximum atomic E-state index is 12.3. The molecule has 0 unspecified atom stereocenters. The number of nitrogen functional groups attached to an aromatic ring is 1. The first-order valence-corrected chi connectivity index (χ1v) is 42.6. The van der Waals surface area contributed by atoms with Gasteiger partial charge in [0.25, 0.3) is 17.7 Å². The van der Waals surface area contributed by atoms with Gasteiger partial charge in [0.15, 0.2) is 23.1 Å². The summed E-state index contributed by atoms with van der Waals surface area (Å²) in [7, 11) is 0. The monoisotopic (exact) mass is 1720 g/mol. The van der Waals surface area contributed by atoms with Gasteiger partial charge >= 0.3 is 0 Å². The molecule has 0 aliphatic heterocycles. The van der Waals surface area contributed by atoms with Gasteiger partial charge in [-0.25, -0.2) is 4.98 Å². The molecule has 0 radical (unpaired) electrons. The van der Waals surface area contributed by atoms with Crippen molar-refractivity contribution in [3.63, 3.8) is 0 Å². The number of para-hydroxylation sites is 5. The van der Waals surface area contributed by atoms with E-state index in [1.807, 2.05) is 207 Å². The lowest BCUT2D eigenvalue weighted by atomic mass is 9.95. The van der Waals surface area contributed by atoms with Crippen molar-refractivity contribution < 1.29 is 43.1 Å². The normalized spacial score (nSPS) is 10.4. The third-order valence-electron chi connectivity index (χ3n) is 21.2. The number of phenols is 1. The fraction of sp³-hybridized carbons (Fsp3) is 0.0727. The van der Waals surface area contributed by atoms with Crippen LogP contribution in [0.3, 0.4) is 0 Å². The van der Waals surface area contributed by atoms with Crippen LogP contribution in [0.25, 0.3) is 54.2 Å². The predicted molar refractivity (Wildman–Crippen MR) is 519 cm³/mol. The minimum Gasteiger partial charge on any atom is -0.507 e. The number of phenolic OH excluding ortho intramolecular Hbond substituents is 1. The molecule has 5 heterocycles. The molecule has 19 aromatic rings. The molecule has 0 saturated heterocycles. The van der Waals surface area contributed by atoms with Gasteiger partial charge in [0, 0.05) is 66.4 Å². The first kappa shape index (κ1) is 90.1. The number of hydrogen-bond donors (Lipinski definition) is 7. The van der Waals surface area contributed by atoms with Crippen molar-refractivity contribution in [1.29, 1.82) is 0 Å². The van der Waals surface area contributed by atoms with E-state index in [1.165, 1.54) is 68.1 Å². The van der Waals surface area contributed by atoms with E-state index in [9.17, 15) is 38.7 Å². The molecule has 19 heteroatoms. The smallest absolute Gasteiger partial charge is 0.292 e. The fourth-order valence-corrected chi connectivity index (χ4v) is 15.1. The summed E-state index contributed by atoms with van der Waals surface area (Å²) in [6, 6.07) is 115. The molecule has 0 spiro atoms. The van der Waals surface area contributed by atoms with E-state index in [-0.39, 0.29) is 58.0 Å². The minimum absolute atomic E-state index is 0.0177. The Balaban J connectivity index is 0.000000129. The Morgan fingerprint density at radius 1 is 0.388 bits per heavy atom. The molecule has 0 atom stereocenters. The number of Topliss-reactive ketones (excluding diaryl/α,β-unsaturated/α-hetero) is 4. The quantitative estimate of drug-likeness (QED) is 0.0293. The number of thiophene rings is 1. The number of aromatic hydroxyl groups is 1. The highest BCUT2D eigenvalue weighted by Crippen LogP contribution is 2.32. The molecule has 3 amide bonds. The first-order valence-electron chi connectivity index (χ1n) is 41.7. The Bertz CT molecular complexity index is 6590. The number of aromatic amines is 2. The molecular weight excluding hydrogens is 1620 g/mol. The Hall–Kier alpha value is -16.6. The van der Waals surface area contributed by atoms with Crippen LogP contribution in [0.2, 0.25) is 0 Å². The van der Waals surface area contributed by atoms with E-state index < -0.39 is 0 Å². The van der Waals surface area contributed by atoms with Crippen molar-refractivity contribution in [2.45, 2.75) is 53.4 Å². The van der Waals surface area contributed by atoms with Gasteiger partial charge in [0.05, 0.1) is 28.0 Å². The van der Waals surface area contributed by atoms with Gasteiger partial charge < -0.3 is 36.2 Å². The van der Waals surface area contributed by atoms with Crippen LogP contribution in [-0.4, -0.2) is 71.1 Å². The second-order valence-corrected chi connectivity index (χ2v) is 30.9. The fourth-order valence-electron chi connectivity index (χ4n) is 14.4. The number of amides is 3. The Morgan fingerprint density at radius 2 is 0.845 bits per heavy atom. The second-order valence-electron chi connectivity index (χ2n) is 29.9. The molecular formula is C110H93N9O9S. The number of hydrogen-bond acceptors (Lipinski definition) is 14. The SMILES string of the molecule is Cc1ccc2ccccc2c1CC(=O)c1ccc[nH]1.Cc1ccc2ccccc2c1CC(=O)c1ccccn1.Cc1ccc2ccccc2c1CC(=O)c1ccco1.Cc1ccc2ccccc2c1CC(=O)c1cccs1.Nc1ccccc1C(=O)Nc1ccccc1.O=C(Nc1ccccc1)c1ccccc1O.O=C(Nc1ccccc1-c1ccccc1)c1ncn[nH]1. The summed E-state index contributed by atoms with van der Waals surface area (Å²) >= 11 is 1.51. The van der Waals surface area contributed by atoms with Crippen molar-refractivity contribution in [2.24, 2.45) is 0 Å². The third-order valence-corrected chi connectivity index (χ3v) is 22.1. The standard InChI is InChI=1S/C18H15NO.C17H15NO.C17H14O2.C17H14OS.C15H12N4O.C13H12N2O.C13H11NO2/c1-13-9-10-14-6-2-3-7-15(14)16(13)12-18(20)17-8-4-5-11-19-17;1-12-8-9-13-5-2-3-6-14(13)15(12)11-17(19)16-7-4-10-18-16;2*1-12-8-9-13-5-2-3-6-14(13)15(12)11-16(18)17-7-4-10-19-17;20-15(14-16-10-17-19-14)18-13-9-5-4-8-12(13)11-6-2-1-3-7-11;14-12-9-5-4-8-11(12)13(16)15-10-6-2-1-3-7-10;15-12-9-5-4-8-11(12)13(16)14-10-6-2-1-3-7-10/h2-11H,12H2,1H3;2-10,18H,11H2,1H3;2*2-10H,11H2,1H3;1-10H,(H,18,20)(H,16,17,19);1-9H,14H2,(H,15,16);1-9,15H,(H,14,16). The predicted octanol–water partition coefficient (Wildman–Crippen LogP) is 24.6. The zero-order valence-corrected chi connectivity index (χ0v) is 72.2. The molecule has 19 rings (SSSR count). The lowest BCUT2D eigenvalue weighted by Gasteiger charge is -2.10. The molecule has 18 nitrogen and oxygen atoms in total. The van der Waals surface area contributed by atoms with Gasteiger partial charge in [-0.15, -0.1) is 11.3 Å². The number of aromatic nitrogens is 5. The van der Waals surface area contributed by atoms with E-state index >= 15 is 0 Å². The number of benzene rings is 14. The number of fused-ring (bicyclic) bond motifs is 4. The molecule has 5 aromatic heterocycles. The van der Waals surface area contributed by atoms with Crippen LogP contribution < -0.4 is 21.7 Å². The van der Waals surface area contributed by atoms with Crippen LogP contribution in [0.5, 0.6) is 5.75 Å². The number of ketones is 4. The summed E-state index contributed by atoms with van der Waals surface area (Å²) in [5.41, 5.74) is 21.4. The van der Waals surface area contributed by atoms with Crippen LogP contribution in [-0.2, 0) is 25.7 Å². The molecule has 14 aromatic carbocycles. The number of aryl methyl sites for hydroxylation is 4. The van der Waals surface area contributed by atoms with Gasteiger partial charge in [0.2, 0.25) is 11.6 Å². The summed E-state index contributed by atoms with van der Waals surface area (Å²) in [5, 5.41) is 35.3. The molecule has 638 valence electrons. The molecule has 0 saturated carbocycles. The Kier molecular flexibility index (Phi) is 31.5. The number of rotatable bonds is 19. The molecule has 129 heavy (non-hydrogen) atoms. The van der Waals surface area contributed by atoms with E-state index in [1.54, 1.807) is 85.2 Å². The van der Waals surface area contributed by atoms with Crippen molar-refractivity contribution >= 4 is 118 Å². The number of pyridine rings is 1. The maximum Gasteiger partial charge on any atom is 0.292 e. The number of H-pyrrole nitrogens is 2. The van der Waals surface area contributed by atoms with Crippen LogP contribution in [0.4, 0.5) is 22.7 Å². The van der Waals surface area contributed by atoms with Gasteiger partial charge in [0.1, 0.15) is 17.8 Å². The highest BCUT2D eigenvalue weighted by atomic mass is 32.1. The van der Waals surface area contributed by atoms with Crippen LogP contribution in [0.15, 0.2) is 399 Å². The molecule has 0 bridgehead atoms. The van der Waals surface area contributed by atoms with Gasteiger partial charge in [-0.3, -0.25) is 43.6 Å². The van der Waals surface area contributed by atoms with Crippen LogP contribution >= 0.6 is 11.3 Å². The largest absolute Gasteiger partial charge is 0.507 e. The van der Waals surface area contributed by atoms with E-state index in [0.29, 0.717) is 59.8 Å². The number of furan rings is 1. The number of carbonyl (C=O) groups excluding carboxylic acids is 7. The number of anilines is 4. The summed E-state index contributed by atoms with van der Waals surface area (Å²) in [4.78, 5) is 96.5. The van der Waals surface area contributed by atoms with Crippen LogP contribution in [0, 0.1) is 27.7 Å². The van der Waals surface area contributed by atoms with E-state index in [4.69, 9.17) is 10.2 Å². The summed E-state index contributed by atoms with van der Waals surface area (Å²) in [6.07, 6.45) is 7.96. The molecule has 8 N–H and O–H groups in total. The molecule has 0 aliphatic carbocycles. The lowest BCUT2D eigenvalue weighted by molar-refractivity contribution is 0.0962. The average molecular weight is 1720 g/mol. The van der Waals surface area contributed by atoms with Crippen molar-refractivity contribution in [3.05, 3.63) is 478 Å². The second kappa shape index (κ2) is 45.1. The zero-order valence-electron chi connectivity index (χ0n) is 71.4. The van der Waals surface area contributed by atoms with Crippen LogP contribution in [0.1, 0.15) is 117 Å². The van der Waals surface area contributed by atoms with Crippen molar-refractivity contribution in [3.8, 4) is 16.9 Å². The number of carbonyl (C=O) groups is 7.